The van der Waals surface area contributed by atoms with E-state index in [2.05, 4.69) is 45.7 Å². The first-order valence-corrected chi connectivity index (χ1v) is 7.12. The molecule has 1 aromatic rings. The van der Waals surface area contributed by atoms with Crippen molar-refractivity contribution in [2.45, 2.75) is 32.2 Å². The van der Waals surface area contributed by atoms with Crippen molar-refractivity contribution in [3.8, 4) is 0 Å². The van der Waals surface area contributed by atoms with Crippen molar-refractivity contribution < 1.29 is 0 Å². The van der Waals surface area contributed by atoms with Gasteiger partial charge in [0.15, 0.2) is 0 Å². The van der Waals surface area contributed by atoms with Gasteiger partial charge in [-0.15, -0.1) is 11.3 Å². The van der Waals surface area contributed by atoms with E-state index < -0.39 is 0 Å². The van der Waals surface area contributed by atoms with E-state index >= 15 is 0 Å². The number of thiophene rings is 1. The van der Waals surface area contributed by atoms with Gasteiger partial charge in [-0.05, 0) is 47.3 Å². The predicted molar refractivity (Wildman–Crippen MR) is 71.3 cm³/mol. The van der Waals surface area contributed by atoms with Crippen LogP contribution < -0.4 is 5.32 Å². The largest absolute Gasteiger partial charge is 0.310 e. The molecule has 1 heterocycles. The van der Waals surface area contributed by atoms with E-state index in [0.29, 0.717) is 0 Å². The highest BCUT2D eigenvalue weighted by atomic mass is 79.9. The zero-order valence-electron chi connectivity index (χ0n) is 8.92. The van der Waals surface area contributed by atoms with Gasteiger partial charge in [-0.3, -0.25) is 0 Å². The molecule has 1 aliphatic rings. The summed E-state index contributed by atoms with van der Waals surface area (Å²) in [7, 11) is 0. The second kappa shape index (κ2) is 5.28. The first-order valence-electron chi connectivity index (χ1n) is 5.45. The molecule has 0 radical (unpaired) electrons. The molecule has 2 rings (SSSR count). The normalized spacial score (nSPS) is 17.1. The molecule has 0 bridgehead atoms. The van der Waals surface area contributed by atoms with Gasteiger partial charge in [0, 0.05) is 27.3 Å². The second-order valence-corrected chi connectivity index (χ2v) is 5.84. The Bertz CT molecular complexity index is 352. The summed E-state index contributed by atoms with van der Waals surface area (Å²) in [6.07, 6.45) is 6.17. The zero-order chi connectivity index (χ0) is 10.7. The molecule has 3 heteroatoms. The van der Waals surface area contributed by atoms with E-state index in [4.69, 9.17) is 0 Å². The van der Waals surface area contributed by atoms with E-state index in [1.54, 1.807) is 11.3 Å². The maximum Gasteiger partial charge on any atom is 0.0288 e. The number of nitrogens with one attached hydrogen (secondary N) is 1. The fourth-order valence-electron chi connectivity index (χ4n) is 1.45. The number of halogens is 1. The smallest absolute Gasteiger partial charge is 0.0288 e. The third-order valence-electron chi connectivity index (χ3n) is 2.58. The molecule has 1 nitrogen and oxygen atoms in total. The van der Waals surface area contributed by atoms with Gasteiger partial charge in [0.25, 0.3) is 0 Å². The Morgan fingerprint density at radius 1 is 1.67 bits per heavy atom. The third-order valence-corrected chi connectivity index (χ3v) is 4.22. The minimum absolute atomic E-state index is 0.801. The van der Waals surface area contributed by atoms with Crippen LogP contribution in [0.25, 0.3) is 6.08 Å². The van der Waals surface area contributed by atoms with Crippen LogP contribution in [0.4, 0.5) is 0 Å². The maximum absolute atomic E-state index is 3.56. The van der Waals surface area contributed by atoms with Crippen LogP contribution in [0.1, 0.15) is 31.1 Å². The molecule has 0 aliphatic heterocycles. The van der Waals surface area contributed by atoms with E-state index in [9.17, 15) is 0 Å². The molecule has 0 spiro atoms. The van der Waals surface area contributed by atoms with Gasteiger partial charge >= 0.3 is 0 Å². The fourth-order valence-corrected chi connectivity index (χ4v) is 2.87. The first-order chi connectivity index (χ1) is 7.28. The lowest BCUT2D eigenvalue weighted by Gasteiger charge is -2.05. The summed E-state index contributed by atoms with van der Waals surface area (Å²) in [6, 6.07) is 2.98. The van der Waals surface area contributed by atoms with Gasteiger partial charge in [-0.25, -0.2) is 0 Å². The van der Waals surface area contributed by atoms with Crippen molar-refractivity contribution in [2.75, 3.05) is 6.54 Å². The van der Waals surface area contributed by atoms with Crippen LogP contribution in [-0.2, 0) is 0 Å². The van der Waals surface area contributed by atoms with Crippen molar-refractivity contribution in [3.05, 3.63) is 26.4 Å². The van der Waals surface area contributed by atoms with Crippen LogP contribution in [0.3, 0.4) is 0 Å². The van der Waals surface area contributed by atoms with Gasteiger partial charge < -0.3 is 5.32 Å². The number of rotatable bonds is 5. The van der Waals surface area contributed by atoms with Crippen molar-refractivity contribution >= 4 is 33.3 Å². The maximum atomic E-state index is 3.56. The monoisotopic (exact) mass is 285 g/mol. The SMILES string of the molecule is CCC(=Cc1cc(Br)cs1)CNC1CC1. The highest BCUT2D eigenvalue weighted by Gasteiger charge is 2.19. The van der Waals surface area contributed by atoms with Gasteiger partial charge in [-0.1, -0.05) is 12.5 Å². The van der Waals surface area contributed by atoms with Crippen molar-refractivity contribution in [1.29, 1.82) is 0 Å². The molecule has 0 aromatic carbocycles. The fraction of sp³-hybridized carbons (Fsp3) is 0.500. The Kier molecular flexibility index (Phi) is 4.00. The topological polar surface area (TPSA) is 12.0 Å². The van der Waals surface area contributed by atoms with Gasteiger partial charge in [-0.2, -0.15) is 0 Å². The average Bonchev–Trinajstić information content (AvgIpc) is 2.97. The molecule has 0 atom stereocenters. The molecule has 0 saturated heterocycles. The Balaban J connectivity index is 1.94. The molecule has 1 N–H and O–H groups in total. The first kappa shape index (κ1) is 11.4. The summed E-state index contributed by atoms with van der Waals surface area (Å²) < 4.78 is 1.18. The molecule has 1 aromatic heterocycles. The highest BCUT2D eigenvalue weighted by Crippen LogP contribution is 2.23. The van der Waals surface area contributed by atoms with Crippen molar-refractivity contribution in [3.63, 3.8) is 0 Å². The Hall–Kier alpha value is -0.120. The Morgan fingerprint density at radius 2 is 2.47 bits per heavy atom. The van der Waals surface area contributed by atoms with Crippen LogP contribution in [0.15, 0.2) is 21.5 Å². The molecule has 1 aliphatic carbocycles. The summed E-state index contributed by atoms with van der Waals surface area (Å²) in [5, 5.41) is 5.69. The lowest BCUT2D eigenvalue weighted by Crippen LogP contribution is -2.18. The minimum atomic E-state index is 0.801. The van der Waals surface area contributed by atoms with E-state index in [0.717, 1.165) is 19.0 Å². The quantitative estimate of drug-likeness (QED) is 0.861. The molecule has 15 heavy (non-hydrogen) atoms. The lowest BCUT2D eigenvalue weighted by atomic mass is 10.2. The summed E-state index contributed by atoms with van der Waals surface area (Å²) in [6.45, 7) is 3.28. The van der Waals surface area contributed by atoms with Crippen LogP contribution in [-0.4, -0.2) is 12.6 Å². The second-order valence-electron chi connectivity index (χ2n) is 3.98. The lowest BCUT2D eigenvalue weighted by molar-refractivity contribution is 0.723. The molecule has 1 saturated carbocycles. The van der Waals surface area contributed by atoms with Crippen LogP contribution >= 0.6 is 27.3 Å². The highest BCUT2D eigenvalue weighted by molar-refractivity contribution is 9.10. The molecular formula is C12H16BrNS. The molecular weight excluding hydrogens is 270 g/mol. The Labute approximate surface area is 104 Å². The van der Waals surface area contributed by atoms with Crippen molar-refractivity contribution in [2.24, 2.45) is 0 Å². The standard InChI is InChI=1S/C12H16BrNS/c1-2-9(7-14-11-3-4-11)5-12-6-10(13)8-15-12/h5-6,8,11,14H,2-4,7H2,1H3. The third kappa shape index (κ3) is 3.74. The summed E-state index contributed by atoms with van der Waals surface area (Å²) >= 11 is 5.27. The van der Waals surface area contributed by atoms with Gasteiger partial charge in [0.1, 0.15) is 0 Å². The molecule has 0 amide bonds. The van der Waals surface area contributed by atoms with E-state index in [-0.39, 0.29) is 0 Å². The Morgan fingerprint density at radius 3 is 3.00 bits per heavy atom. The number of hydrogen-bond acceptors (Lipinski definition) is 2. The molecule has 82 valence electrons. The summed E-state index contributed by atoms with van der Waals surface area (Å²) in [5.74, 6) is 0. The minimum Gasteiger partial charge on any atom is -0.310 e. The van der Waals surface area contributed by atoms with Crippen LogP contribution in [0, 0.1) is 0 Å². The van der Waals surface area contributed by atoms with Crippen LogP contribution in [0.5, 0.6) is 0 Å². The average molecular weight is 286 g/mol. The van der Waals surface area contributed by atoms with Crippen molar-refractivity contribution in [1.82, 2.24) is 5.32 Å². The van der Waals surface area contributed by atoms with Gasteiger partial charge in [0.05, 0.1) is 0 Å². The molecule has 0 unspecified atom stereocenters. The zero-order valence-corrected chi connectivity index (χ0v) is 11.3. The number of hydrogen-bond donors (Lipinski definition) is 1. The summed E-state index contributed by atoms with van der Waals surface area (Å²) in [4.78, 5) is 1.34. The summed E-state index contributed by atoms with van der Waals surface area (Å²) in [5.41, 5.74) is 1.50. The van der Waals surface area contributed by atoms with Gasteiger partial charge in [0.2, 0.25) is 0 Å². The van der Waals surface area contributed by atoms with E-state index in [1.165, 1.54) is 27.8 Å². The van der Waals surface area contributed by atoms with E-state index in [1.807, 2.05) is 0 Å². The molecule has 1 fully saturated rings. The predicted octanol–water partition coefficient (Wildman–Crippen LogP) is 4.06. The van der Waals surface area contributed by atoms with Crippen LogP contribution in [0.2, 0.25) is 0 Å².